The molecule has 0 aromatic heterocycles. The van der Waals surface area contributed by atoms with Gasteiger partial charge in [0.15, 0.2) is 11.7 Å². The third-order valence-electron chi connectivity index (χ3n) is 4.32. The molecule has 25 heavy (non-hydrogen) atoms. The van der Waals surface area contributed by atoms with Crippen molar-refractivity contribution in [2.45, 2.75) is 36.3 Å². The minimum Gasteiger partial charge on any atom is -0.508 e. The van der Waals surface area contributed by atoms with E-state index in [4.69, 9.17) is 9.84 Å². The van der Waals surface area contributed by atoms with Crippen LogP contribution in [0.1, 0.15) is 17.9 Å². The van der Waals surface area contributed by atoms with Crippen molar-refractivity contribution in [2.24, 2.45) is 0 Å². The van der Waals surface area contributed by atoms with Gasteiger partial charge in [0.25, 0.3) is 0 Å². The first-order valence-electron chi connectivity index (χ1n) is 7.51. The van der Waals surface area contributed by atoms with Crippen LogP contribution in [-0.4, -0.2) is 75.1 Å². The molecule has 5 unspecified atom stereocenters. The van der Waals surface area contributed by atoms with Gasteiger partial charge in [0.05, 0.1) is 20.1 Å². The van der Waals surface area contributed by atoms with Crippen molar-refractivity contribution in [3.63, 3.8) is 0 Å². The molecule has 0 aliphatic carbocycles. The van der Waals surface area contributed by atoms with Gasteiger partial charge in [-0.2, -0.15) is 0 Å². The lowest BCUT2D eigenvalue weighted by molar-refractivity contribution is -0.162. The normalized spacial score (nSPS) is 28.3. The first kappa shape index (κ1) is 19.1. The summed E-state index contributed by atoms with van der Waals surface area (Å²) in [6, 6.07) is 5.32. The second kappa shape index (κ2) is 7.36. The molecule has 5 atom stereocenters. The number of ether oxygens (including phenoxy) is 2. The minimum absolute atomic E-state index is 0.0734. The van der Waals surface area contributed by atoms with Crippen molar-refractivity contribution in [1.29, 1.82) is 0 Å². The quantitative estimate of drug-likeness (QED) is 0.379. The molecule has 1 aromatic carbocycles. The number of hydrogen-bond acceptors (Lipinski definition) is 9. The Hall–Kier alpha value is -2.20. The highest BCUT2D eigenvalue weighted by Gasteiger charge is 2.62. The lowest BCUT2D eigenvalue weighted by Gasteiger charge is -2.32. The van der Waals surface area contributed by atoms with E-state index in [0.717, 1.165) is 7.11 Å². The zero-order valence-corrected chi connectivity index (χ0v) is 13.4. The fraction of sp³-hybridized carbons (Fsp3) is 0.500. The standard InChI is InChI=1S/C16H20O9/c1-24-12(20)6-10(8-2-4-9(18)5-3-8)16(23)14(21)13(11(19)7-17)25-15(16)22/h2-5,10-11,13-14,17-19,21,23H,6-7H2,1H3. The van der Waals surface area contributed by atoms with Gasteiger partial charge in [-0.25, -0.2) is 4.79 Å². The maximum atomic E-state index is 12.3. The van der Waals surface area contributed by atoms with Gasteiger partial charge < -0.3 is 35.0 Å². The van der Waals surface area contributed by atoms with Gasteiger partial charge in [0.2, 0.25) is 0 Å². The second-order valence-corrected chi connectivity index (χ2v) is 5.81. The molecule has 1 aliphatic heterocycles. The largest absolute Gasteiger partial charge is 0.508 e. The van der Waals surface area contributed by atoms with E-state index in [-0.39, 0.29) is 11.3 Å². The predicted octanol–water partition coefficient (Wildman–Crippen LogP) is -1.59. The molecule has 1 fully saturated rings. The van der Waals surface area contributed by atoms with Crippen LogP contribution >= 0.6 is 0 Å². The number of methoxy groups -OCH3 is 1. The molecular weight excluding hydrogens is 336 g/mol. The number of rotatable bonds is 6. The Kier molecular flexibility index (Phi) is 5.63. The van der Waals surface area contributed by atoms with E-state index in [9.17, 15) is 30.0 Å². The molecule has 1 aliphatic rings. The Morgan fingerprint density at radius 2 is 1.96 bits per heavy atom. The van der Waals surface area contributed by atoms with E-state index >= 15 is 0 Å². The van der Waals surface area contributed by atoms with Crippen molar-refractivity contribution in [2.75, 3.05) is 13.7 Å². The van der Waals surface area contributed by atoms with E-state index in [0.29, 0.717) is 0 Å². The predicted molar refractivity (Wildman–Crippen MR) is 81.4 cm³/mol. The number of hydrogen-bond donors (Lipinski definition) is 5. The topological polar surface area (TPSA) is 154 Å². The lowest BCUT2D eigenvalue weighted by Crippen LogP contribution is -2.53. The van der Waals surface area contributed by atoms with Gasteiger partial charge in [0, 0.05) is 5.92 Å². The van der Waals surface area contributed by atoms with Crippen molar-refractivity contribution in [1.82, 2.24) is 0 Å². The van der Waals surface area contributed by atoms with Crippen molar-refractivity contribution >= 4 is 11.9 Å². The average Bonchev–Trinajstić information content (AvgIpc) is 2.84. The Morgan fingerprint density at radius 1 is 1.36 bits per heavy atom. The van der Waals surface area contributed by atoms with Crippen LogP contribution in [0, 0.1) is 0 Å². The molecule has 0 radical (unpaired) electrons. The third-order valence-corrected chi connectivity index (χ3v) is 4.32. The molecule has 9 nitrogen and oxygen atoms in total. The molecule has 0 bridgehead atoms. The average molecular weight is 356 g/mol. The zero-order valence-electron chi connectivity index (χ0n) is 13.4. The first-order valence-corrected chi connectivity index (χ1v) is 7.51. The Balaban J connectivity index is 2.46. The summed E-state index contributed by atoms with van der Waals surface area (Å²) in [6.07, 6.45) is -5.52. The monoisotopic (exact) mass is 356 g/mol. The molecule has 2 rings (SSSR count). The Labute approximate surface area is 143 Å². The molecule has 0 spiro atoms. The van der Waals surface area contributed by atoms with Gasteiger partial charge in [-0.1, -0.05) is 12.1 Å². The van der Waals surface area contributed by atoms with Crippen LogP contribution in [0.2, 0.25) is 0 Å². The van der Waals surface area contributed by atoms with E-state index in [1.165, 1.54) is 24.3 Å². The number of aliphatic hydroxyl groups excluding tert-OH is 3. The third kappa shape index (κ3) is 3.45. The van der Waals surface area contributed by atoms with Gasteiger partial charge >= 0.3 is 11.9 Å². The van der Waals surface area contributed by atoms with Crippen molar-refractivity contribution < 1.29 is 44.6 Å². The number of aliphatic hydroxyl groups is 4. The van der Waals surface area contributed by atoms with Crippen LogP contribution in [0.15, 0.2) is 24.3 Å². The zero-order chi connectivity index (χ0) is 18.8. The molecule has 1 saturated heterocycles. The summed E-state index contributed by atoms with van der Waals surface area (Å²) in [5.74, 6) is -3.33. The number of aromatic hydroxyl groups is 1. The molecule has 1 heterocycles. The van der Waals surface area contributed by atoms with Gasteiger partial charge in [0.1, 0.15) is 18.0 Å². The number of benzene rings is 1. The van der Waals surface area contributed by atoms with E-state index < -0.39 is 54.8 Å². The fourth-order valence-electron chi connectivity index (χ4n) is 2.88. The molecule has 138 valence electrons. The van der Waals surface area contributed by atoms with E-state index in [1.807, 2.05) is 0 Å². The smallest absolute Gasteiger partial charge is 0.342 e. The number of phenols is 1. The lowest BCUT2D eigenvalue weighted by atomic mass is 9.76. The highest BCUT2D eigenvalue weighted by molar-refractivity contribution is 5.86. The molecule has 5 N–H and O–H groups in total. The van der Waals surface area contributed by atoms with Crippen LogP contribution in [0.25, 0.3) is 0 Å². The maximum Gasteiger partial charge on any atom is 0.342 e. The molecular formula is C16H20O9. The van der Waals surface area contributed by atoms with Gasteiger partial charge in [-0.15, -0.1) is 0 Å². The summed E-state index contributed by atoms with van der Waals surface area (Å²) in [4.78, 5) is 24.0. The highest BCUT2D eigenvalue weighted by atomic mass is 16.6. The summed E-state index contributed by atoms with van der Waals surface area (Å²) >= 11 is 0. The number of carbonyl (C=O) groups excluding carboxylic acids is 2. The summed E-state index contributed by atoms with van der Waals surface area (Å²) in [5.41, 5.74) is -2.28. The SMILES string of the molecule is COC(=O)CC(c1ccc(O)cc1)C1(O)C(=O)OC(C(O)CO)C1O. The maximum absolute atomic E-state index is 12.3. The molecule has 9 heteroatoms. The first-order chi connectivity index (χ1) is 11.7. The fourth-order valence-corrected chi connectivity index (χ4v) is 2.88. The van der Waals surface area contributed by atoms with Crippen LogP contribution in [-0.2, 0) is 19.1 Å². The molecule has 0 amide bonds. The van der Waals surface area contributed by atoms with Crippen molar-refractivity contribution in [3.8, 4) is 5.75 Å². The van der Waals surface area contributed by atoms with Crippen molar-refractivity contribution in [3.05, 3.63) is 29.8 Å². The van der Waals surface area contributed by atoms with E-state index in [2.05, 4.69) is 4.74 Å². The van der Waals surface area contributed by atoms with Crippen LogP contribution in [0.5, 0.6) is 5.75 Å². The number of cyclic esters (lactones) is 1. The second-order valence-electron chi connectivity index (χ2n) is 5.81. The number of esters is 2. The summed E-state index contributed by atoms with van der Waals surface area (Å²) in [5, 5.41) is 49.3. The van der Waals surface area contributed by atoms with Crippen LogP contribution in [0.3, 0.4) is 0 Å². The van der Waals surface area contributed by atoms with Gasteiger partial charge in [-0.05, 0) is 17.7 Å². The Bertz CT molecular complexity index is 629. The highest BCUT2D eigenvalue weighted by Crippen LogP contribution is 2.42. The summed E-state index contributed by atoms with van der Waals surface area (Å²) < 4.78 is 9.41. The van der Waals surface area contributed by atoms with Gasteiger partial charge in [-0.3, -0.25) is 4.79 Å². The molecule has 1 aromatic rings. The molecule has 0 saturated carbocycles. The minimum atomic E-state index is -2.55. The number of carbonyl (C=O) groups is 2. The van der Waals surface area contributed by atoms with E-state index in [1.54, 1.807) is 0 Å². The van der Waals surface area contributed by atoms with Crippen LogP contribution in [0.4, 0.5) is 0 Å². The summed E-state index contributed by atoms with van der Waals surface area (Å²) in [6.45, 7) is -0.800. The Morgan fingerprint density at radius 3 is 2.48 bits per heavy atom. The van der Waals surface area contributed by atoms with Crippen LogP contribution < -0.4 is 0 Å². The summed E-state index contributed by atoms with van der Waals surface area (Å²) in [7, 11) is 1.13. The number of phenolic OH excluding ortho intramolecular Hbond substituents is 1.